The molecule has 0 aliphatic rings. The second kappa shape index (κ2) is 6.57. The fraction of sp³-hybridized carbons (Fsp3) is 0.267. The maximum atomic E-state index is 11.6. The summed E-state index contributed by atoms with van der Waals surface area (Å²) in [5.74, 6) is -0.310. The molecule has 100 valence electrons. The second-order valence-corrected chi connectivity index (χ2v) is 4.92. The average Bonchev–Trinajstić information content (AvgIpc) is 2.82. The highest BCUT2D eigenvalue weighted by molar-refractivity contribution is 9.09. The average molecular weight is 322 g/mol. The van der Waals surface area contributed by atoms with Gasteiger partial charge in [0.15, 0.2) is 0 Å². The lowest BCUT2D eigenvalue weighted by molar-refractivity contribution is 0.0520. The third kappa shape index (κ3) is 3.47. The van der Waals surface area contributed by atoms with E-state index in [0.717, 1.165) is 28.2 Å². The molecule has 4 heteroatoms. The van der Waals surface area contributed by atoms with E-state index >= 15 is 0 Å². The molecule has 0 aliphatic carbocycles. The normalized spacial score (nSPS) is 11.3. The topological polar surface area (TPSA) is 42.1 Å². The molecular formula is C15H16BrNO2. The molecule has 0 unspecified atom stereocenters. The molecule has 1 N–H and O–H groups in total. The van der Waals surface area contributed by atoms with Gasteiger partial charge in [0, 0.05) is 16.2 Å². The lowest BCUT2D eigenvalue weighted by Crippen LogP contribution is -2.04. The third-order valence-electron chi connectivity index (χ3n) is 2.73. The summed E-state index contributed by atoms with van der Waals surface area (Å²) in [6.07, 6.45) is 5.19. The number of alkyl halides is 1. The van der Waals surface area contributed by atoms with Gasteiger partial charge in [0.1, 0.15) is 5.69 Å². The molecular weight excluding hydrogens is 306 g/mol. The Kier molecular flexibility index (Phi) is 4.80. The molecule has 0 amide bonds. The van der Waals surface area contributed by atoms with Gasteiger partial charge < -0.3 is 9.72 Å². The minimum Gasteiger partial charge on any atom is -0.461 e. The van der Waals surface area contributed by atoms with Crippen LogP contribution in [0.3, 0.4) is 0 Å². The van der Waals surface area contributed by atoms with Crippen LogP contribution in [0.4, 0.5) is 0 Å². The van der Waals surface area contributed by atoms with Crippen molar-refractivity contribution in [1.29, 1.82) is 0 Å². The summed E-state index contributed by atoms with van der Waals surface area (Å²) in [5, 5.41) is 1.97. The first-order valence-corrected chi connectivity index (χ1v) is 7.39. The molecule has 0 aliphatic heterocycles. The second-order valence-electron chi connectivity index (χ2n) is 4.13. The third-order valence-corrected chi connectivity index (χ3v) is 3.19. The van der Waals surface area contributed by atoms with E-state index in [0.29, 0.717) is 12.3 Å². The Morgan fingerprint density at radius 3 is 3.00 bits per heavy atom. The summed E-state index contributed by atoms with van der Waals surface area (Å²) in [6.45, 7) is 2.18. The van der Waals surface area contributed by atoms with Gasteiger partial charge in [-0.1, -0.05) is 40.2 Å². The Bertz CT molecular complexity index is 601. The first-order valence-electron chi connectivity index (χ1n) is 6.27. The monoisotopic (exact) mass is 321 g/mol. The number of benzene rings is 1. The van der Waals surface area contributed by atoms with Crippen LogP contribution in [0, 0.1) is 0 Å². The largest absolute Gasteiger partial charge is 0.461 e. The number of H-pyrrole nitrogens is 1. The quantitative estimate of drug-likeness (QED) is 0.664. The summed E-state index contributed by atoms with van der Waals surface area (Å²) in [7, 11) is 0. The zero-order valence-electron chi connectivity index (χ0n) is 10.8. The minimum atomic E-state index is -0.310. The van der Waals surface area contributed by atoms with E-state index in [2.05, 4.69) is 33.1 Å². The molecule has 0 saturated heterocycles. The minimum absolute atomic E-state index is 0.310. The summed E-state index contributed by atoms with van der Waals surface area (Å²) in [6, 6.07) is 7.89. The number of carbonyl (C=O) groups is 1. The zero-order valence-corrected chi connectivity index (χ0v) is 12.4. The van der Waals surface area contributed by atoms with Gasteiger partial charge in [-0.25, -0.2) is 4.79 Å². The molecule has 2 aromatic rings. The standard InChI is InChI=1S/C15H16BrNO2/c1-2-19-15(18)14-10-12-7-6-11(5-3-4-8-16)9-13(12)17-14/h3,5-7,9-10,17H,2,4,8H2,1H3. The molecule has 0 bridgehead atoms. The number of rotatable bonds is 5. The highest BCUT2D eigenvalue weighted by Gasteiger charge is 2.09. The van der Waals surface area contributed by atoms with Gasteiger partial charge in [0.2, 0.25) is 0 Å². The number of hydrogen-bond acceptors (Lipinski definition) is 2. The number of carbonyl (C=O) groups excluding carboxylic acids is 1. The maximum absolute atomic E-state index is 11.6. The number of ether oxygens (including phenoxy) is 1. The highest BCUT2D eigenvalue weighted by Crippen LogP contribution is 2.18. The van der Waals surface area contributed by atoms with E-state index in [1.165, 1.54) is 0 Å². The van der Waals surface area contributed by atoms with Gasteiger partial charge in [-0.2, -0.15) is 0 Å². The van der Waals surface area contributed by atoms with Crippen molar-refractivity contribution in [3.05, 3.63) is 41.6 Å². The van der Waals surface area contributed by atoms with E-state index in [1.54, 1.807) is 6.92 Å². The number of aromatic nitrogens is 1. The maximum Gasteiger partial charge on any atom is 0.354 e. The molecule has 1 aromatic carbocycles. The number of halogens is 1. The lowest BCUT2D eigenvalue weighted by atomic mass is 10.1. The number of aromatic amines is 1. The van der Waals surface area contributed by atoms with Crippen LogP contribution in [-0.2, 0) is 4.74 Å². The number of fused-ring (bicyclic) bond motifs is 1. The molecule has 0 spiro atoms. The molecule has 1 aromatic heterocycles. The van der Waals surface area contributed by atoms with E-state index in [1.807, 2.05) is 24.3 Å². The molecule has 19 heavy (non-hydrogen) atoms. The zero-order chi connectivity index (χ0) is 13.7. The molecule has 0 radical (unpaired) electrons. The van der Waals surface area contributed by atoms with Crippen molar-refractivity contribution in [2.75, 3.05) is 11.9 Å². The Morgan fingerprint density at radius 2 is 2.26 bits per heavy atom. The van der Waals surface area contributed by atoms with Crippen LogP contribution < -0.4 is 0 Å². The first-order chi connectivity index (χ1) is 9.24. The summed E-state index contributed by atoms with van der Waals surface area (Å²) in [5.41, 5.74) is 2.56. The van der Waals surface area contributed by atoms with Crippen LogP contribution in [0.5, 0.6) is 0 Å². The predicted octanol–water partition coefficient (Wildman–Crippen LogP) is 4.14. The Morgan fingerprint density at radius 1 is 1.42 bits per heavy atom. The molecule has 0 saturated carbocycles. The Labute approximate surface area is 120 Å². The van der Waals surface area contributed by atoms with Crippen molar-refractivity contribution in [3.8, 4) is 0 Å². The van der Waals surface area contributed by atoms with Crippen LogP contribution in [0.15, 0.2) is 30.3 Å². The number of hydrogen-bond donors (Lipinski definition) is 1. The van der Waals surface area contributed by atoms with Crippen molar-refractivity contribution >= 4 is 38.9 Å². The van der Waals surface area contributed by atoms with Gasteiger partial charge in [-0.3, -0.25) is 0 Å². The van der Waals surface area contributed by atoms with Gasteiger partial charge >= 0.3 is 5.97 Å². The number of esters is 1. The van der Waals surface area contributed by atoms with Gasteiger partial charge in [-0.05, 0) is 31.0 Å². The lowest BCUT2D eigenvalue weighted by Gasteiger charge is -1.97. The number of nitrogens with one attached hydrogen (secondary N) is 1. The molecule has 2 rings (SSSR count). The summed E-state index contributed by atoms with van der Waals surface area (Å²) >= 11 is 3.39. The van der Waals surface area contributed by atoms with Crippen LogP contribution >= 0.6 is 15.9 Å². The Balaban J connectivity index is 2.25. The molecule has 0 atom stereocenters. The van der Waals surface area contributed by atoms with Crippen LogP contribution in [0.2, 0.25) is 0 Å². The van der Waals surface area contributed by atoms with Crippen molar-refractivity contribution < 1.29 is 9.53 Å². The SMILES string of the molecule is CCOC(=O)c1cc2ccc(C=CCCBr)cc2[nH]1. The van der Waals surface area contributed by atoms with Gasteiger partial charge in [0.05, 0.1) is 6.61 Å². The van der Waals surface area contributed by atoms with Crippen LogP contribution in [0.25, 0.3) is 17.0 Å². The number of allylic oxidation sites excluding steroid dienone is 1. The summed E-state index contributed by atoms with van der Waals surface area (Å²) in [4.78, 5) is 14.7. The van der Waals surface area contributed by atoms with Crippen molar-refractivity contribution in [3.63, 3.8) is 0 Å². The van der Waals surface area contributed by atoms with Crippen molar-refractivity contribution in [1.82, 2.24) is 4.98 Å². The van der Waals surface area contributed by atoms with E-state index in [4.69, 9.17) is 4.74 Å². The van der Waals surface area contributed by atoms with Crippen LogP contribution in [-0.4, -0.2) is 22.9 Å². The van der Waals surface area contributed by atoms with E-state index in [-0.39, 0.29) is 5.97 Å². The molecule has 0 fully saturated rings. The van der Waals surface area contributed by atoms with Crippen molar-refractivity contribution in [2.24, 2.45) is 0 Å². The first kappa shape index (κ1) is 13.9. The van der Waals surface area contributed by atoms with E-state index in [9.17, 15) is 4.79 Å². The smallest absolute Gasteiger partial charge is 0.354 e. The summed E-state index contributed by atoms with van der Waals surface area (Å²) < 4.78 is 4.98. The fourth-order valence-electron chi connectivity index (χ4n) is 1.85. The predicted molar refractivity (Wildman–Crippen MR) is 81.7 cm³/mol. The van der Waals surface area contributed by atoms with Gasteiger partial charge in [-0.15, -0.1) is 0 Å². The molecule has 3 nitrogen and oxygen atoms in total. The highest BCUT2D eigenvalue weighted by atomic mass is 79.9. The van der Waals surface area contributed by atoms with Crippen LogP contribution in [0.1, 0.15) is 29.4 Å². The van der Waals surface area contributed by atoms with E-state index < -0.39 is 0 Å². The fourth-order valence-corrected chi connectivity index (χ4v) is 2.11. The Hall–Kier alpha value is -1.55. The van der Waals surface area contributed by atoms with Gasteiger partial charge in [0.25, 0.3) is 0 Å². The molecule has 1 heterocycles. The van der Waals surface area contributed by atoms with Crippen molar-refractivity contribution in [2.45, 2.75) is 13.3 Å².